The van der Waals surface area contributed by atoms with Crippen molar-refractivity contribution in [1.29, 1.82) is 0 Å². The van der Waals surface area contributed by atoms with Crippen LogP contribution >= 0.6 is 0 Å². The molecule has 4 nitrogen and oxygen atoms in total. The predicted molar refractivity (Wildman–Crippen MR) is 61.2 cm³/mol. The number of amides is 1. The van der Waals surface area contributed by atoms with Gasteiger partial charge >= 0.3 is 5.97 Å². The van der Waals surface area contributed by atoms with Gasteiger partial charge in [0.1, 0.15) is 0 Å². The van der Waals surface area contributed by atoms with Crippen LogP contribution in [-0.2, 0) is 14.3 Å². The summed E-state index contributed by atoms with van der Waals surface area (Å²) in [6, 6.07) is 7.12. The molecule has 1 N–H and O–H groups in total. The summed E-state index contributed by atoms with van der Waals surface area (Å²) in [6.07, 6.45) is 0. The lowest BCUT2D eigenvalue weighted by molar-refractivity contribution is -0.142. The molecule has 0 heterocycles. The van der Waals surface area contributed by atoms with Crippen molar-refractivity contribution in [3.63, 3.8) is 0 Å². The average molecular weight is 221 g/mol. The lowest BCUT2D eigenvalue weighted by Crippen LogP contribution is -2.11. The summed E-state index contributed by atoms with van der Waals surface area (Å²) < 4.78 is 4.65. The molecule has 1 amide bonds. The number of ether oxygens (including phenoxy) is 1. The van der Waals surface area contributed by atoms with Gasteiger partial charge < -0.3 is 10.1 Å². The molecule has 1 atom stereocenters. The topological polar surface area (TPSA) is 55.4 Å². The number of hydrogen-bond acceptors (Lipinski definition) is 3. The summed E-state index contributed by atoms with van der Waals surface area (Å²) in [5, 5.41) is 2.66. The van der Waals surface area contributed by atoms with Gasteiger partial charge in [0, 0.05) is 12.6 Å². The van der Waals surface area contributed by atoms with Gasteiger partial charge in [-0.05, 0) is 24.6 Å². The first kappa shape index (κ1) is 12.2. The maximum Gasteiger partial charge on any atom is 0.312 e. The van der Waals surface area contributed by atoms with E-state index >= 15 is 0 Å². The van der Waals surface area contributed by atoms with Gasteiger partial charge in [-0.2, -0.15) is 0 Å². The highest BCUT2D eigenvalue weighted by atomic mass is 16.5. The van der Waals surface area contributed by atoms with Crippen molar-refractivity contribution in [2.75, 3.05) is 12.4 Å². The number of carbonyl (C=O) groups is 2. The van der Waals surface area contributed by atoms with Crippen molar-refractivity contribution in [1.82, 2.24) is 0 Å². The van der Waals surface area contributed by atoms with Crippen molar-refractivity contribution >= 4 is 17.6 Å². The molecule has 0 aliphatic carbocycles. The average Bonchev–Trinajstić information content (AvgIpc) is 2.27. The molecule has 0 aliphatic heterocycles. The molecule has 0 saturated heterocycles. The molecule has 0 spiro atoms. The van der Waals surface area contributed by atoms with Crippen LogP contribution in [-0.4, -0.2) is 19.0 Å². The van der Waals surface area contributed by atoms with Crippen molar-refractivity contribution < 1.29 is 14.3 Å². The van der Waals surface area contributed by atoms with E-state index < -0.39 is 0 Å². The molecule has 4 heteroatoms. The van der Waals surface area contributed by atoms with E-state index in [1.165, 1.54) is 14.0 Å². The Morgan fingerprint density at radius 3 is 2.25 bits per heavy atom. The SMILES string of the molecule is COC(=O)C(C)c1ccc(NC(C)=O)cc1. The Hall–Kier alpha value is -1.84. The molecule has 0 saturated carbocycles. The van der Waals surface area contributed by atoms with Crippen molar-refractivity contribution in [3.05, 3.63) is 29.8 Å². The Morgan fingerprint density at radius 1 is 1.25 bits per heavy atom. The van der Waals surface area contributed by atoms with Gasteiger partial charge in [0.2, 0.25) is 5.91 Å². The van der Waals surface area contributed by atoms with Crippen LogP contribution in [0.15, 0.2) is 24.3 Å². The van der Waals surface area contributed by atoms with Gasteiger partial charge in [-0.25, -0.2) is 0 Å². The van der Waals surface area contributed by atoms with E-state index in [-0.39, 0.29) is 17.8 Å². The molecule has 1 rings (SSSR count). The van der Waals surface area contributed by atoms with E-state index in [2.05, 4.69) is 10.1 Å². The second-order valence-electron chi connectivity index (χ2n) is 3.55. The Bertz CT molecular complexity index is 384. The molecular formula is C12H15NO3. The maximum absolute atomic E-state index is 11.3. The highest BCUT2D eigenvalue weighted by molar-refractivity contribution is 5.88. The number of methoxy groups -OCH3 is 1. The lowest BCUT2D eigenvalue weighted by atomic mass is 10.0. The van der Waals surface area contributed by atoms with Gasteiger partial charge in [0.05, 0.1) is 13.0 Å². The second-order valence-corrected chi connectivity index (χ2v) is 3.55. The molecule has 1 aromatic rings. The molecule has 0 radical (unpaired) electrons. The summed E-state index contributed by atoms with van der Waals surface area (Å²) in [5.74, 6) is -0.683. The smallest absolute Gasteiger partial charge is 0.312 e. The Balaban J connectivity index is 2.78. The summed E-state index contributed by atoms with van der Waals surface area (Å²) >= 11 is 0. The third-order valence-electron chi connectivity index (χ3n) is 2.29. The Labute approximate surface area is 94.6 Å². The van der Waals surface area contributed by atoms with Crippen molar-refractivity contribution in [3.8, 4) is 0 Å². The number of anilines is 1. The van der Waals surface area contributed by atoms with E-state index in [0.717, 1.165) is 5.56 Å². The number of esters is 1. The number of nitrogens with one attached hydrogen (secondary N) is 1. The fraction of sp³-hybridized carbons (Fsp3) is 0.333. The van der Waals surface area contributed by atoms with E-state index in [9.17, 15) is 9.59 Å². The van der Waals surface area contributed by atoms with Gasteiger partial charge in [0.25, 0.3) is 0 Å². The van der Waals surface area contributed by atoms with Crippen LogP contribution in [0.4, 0.5) is 5.69 Å². The first-order valence-electron chi connectivity index (χ1n) is 5.00. The minimum absolute atomic E-state index is 0.117. The van der Waals surface area contributed by atoms with Crippen LogP contribution in [0.25, 0.3) is 0 Å². The normalized spacial score (nSPS) is 11.7. The van der Waals surface area contributed by atoms with Crippen LogP contribution in [0.5, 0.6) is 0 Å². The number of benzene rings is 1. The summed E-state index contributed by atoms with van der Waals surface area (Å²) in [7, 11) is 1.37. The molecule has 16 heavy (non-hydrogen) atoms. The van der Waals surface area contributed by atoms with Gasteiger partial charge in [0.15, 0.2) is 0 Å². The fourth-order valence-electron chi connectivity index (χ4n) is 1.37. The van der Waals surface area contributed by atoms with E-state index in [4.69, 9.17) is 0 Å². The first-order chi connectivity index (χ1) is 7.54. The van der Waals surface area contributed by atoms with Crippen LogP contribution < -0.4 is 5.32 Å². The number of carbonyl (C=O) groups excluding carboxylic acids is 2. The molecule has 0 bridgehead atoms. The molecule has 1 unspecified atom stereocenters. The van der Waals surface area contributed by atoms with Crippen molar-refractivity contribution in [2.45, 2.75) is 19.8 Å². The summed E-state index contributed by atoms with van der Waals surface area (Å²) in [5.41, 5.74) is 1.58. The molecular weight excluding hydrogens is 206 g/mol. The summed E-state index contributed by atoms with van der Waals surface area (Å²) in [4.78, 5) is 22.1. The molecule has 0 fully saturated rings. The van der Waals surface area contributed by atoms with Crippen LogP contribution in [0.1, 0.15) is 25.3 Å². The monoisotopic (exact) mass is 221 g/mol. The third kappa shape index (κ3) is 3.08. The van der Waals surface area contributed by atoms with E-state index in [0.29, 0.717) is 5.69 Å². The quantitative estimate of drug-likeness (QED) is 0.793. The third-order valence-corrected chi connectivity index (χ3v) is 2.29. The molecule has 1 aromatic carbocycles. The van der Waals surface area contributed by atoms with E-state index in [1.807, 2.05) is 0 Å². The zero-order valence-corrected chi connectivity index (χ0v) is 9.61. The van der Waals surface area contributed by atoms with Gasteiger partial charge in [-0.1, -0.05) is 12.1 Å². The first-order valence-corrected chi connectivity index (χ1v) is 5.00. The largest absolute Gasteiger partial charge is 0.469 e. The Morgan fingerprint density at radius 2 is 1.81 bits per heavy atom. The molecule has 0 aliphatic rings. The minimum atomic E-state index is -0.295. The summed E-state index contributed by atoms with van der Waals surface area (Å²) in [6.45, 7) is 3.23. The fourth-order valence-corrected chi connectivity index (χ4v) is 1.37. The second kappa shape index (κ2) is 5.30. The highest BCUT2D eigenvalue weighted by Crippen LogP contribution is 2.19. The number of hydrogen-bond donors (Lipinski definition) is 1. The van der Waals surface area contributed by atoms with Crippen LogP contribution in [0.2, 0.25) is 0 Å². The maximum atomic E-state index is 11.3. The van der Waals surface area contributed by atoms with Gasteiger partial charge in [-0.15, -0.1) is 0 Å². The standard InChI is InChI=1S/C12H15NO3/c1-8(12(15)16-3)10-4-6-11(7-5-10)13-9(2)14/h4-8H,1-3H3,(H,13,14). The predicted octanol–water partition coefficient (Wildman–Crippen LogP) is 1.92. The van der Waals surface area contributed by atoms with Gasteiger partial charge in [-0.3, -0.25) is 9.59 Å². The lowest BCUT2D eigenvalue weighted by Gasteiger charge is -2.10. The zero-order valence-electron chi connectivity index (χ0n) is 9.61. The highest BCUT2D eigenvalue weighted by Gasteiger charge is 2.14. The van der Waals surface area contributed by atoms with Crippen molar-refractivity contribution in [2.24, 2.45) is 0 Å². The Kier molecular flexibility index (Phi) is 4.05. The van der Waals surface area contributed by atoms with E-state index in [1.54, 1.807) is 31.2 Å². The van der Waals surface area contributed by atoms with Crippen LogP contribution in [0, 0.1) is 0 Å². The molecule has 0 aromatic heterocycles. The zero-order chi connectivity index (χ0) is 12.1. The number of rotatable bonds is 3. The van der Waals surface area contributed by atoms with Crippen LogP contribution in [0.3, 0.4) is 0 Å². The molecule has 86 valence electrons. The minimum Gasteiger partial charge on any atom is -0.469 e.